The van der Waals surface area contributed by atoms with Crippen molar-refractivity contribution in [3.8, 4) is 11.1 Å². The molecule has 37 heavy (non-hydrogen) atoms. The Kier molecular flexibility index (Phi) is 6.70. The van der Waals surface area contributed by atoms with Crippen molar-refractivity contribution in [3.05, 3.63) is 113 Å². The summed E-state index contributed by atoms with van der Waals surface area (Å²) in [6, 6.07) is 24.3. The molecule has 188 valence electrons. The molecule has 0 saturated heterocycles. The van der Waals surface area contributed by atoms with E-state index in [-0.39, 0.29) is 12.1 Å². The normalized spacial score (nSPS) is 17.4. The lowest BCUT2D eigenvalue weighted by molar-refractivity contribution is -0.131. The van der Waals surface area contributed by atoms with Gasteiger partial charge in [0.05, 0.1) is 12.2 Å². The highest BCUT2D eigenvalue weighted by Gasteiger charge is 2.33. The molecule has 2 unspecified atom stereocenters. The van der Waals surface area contributed by atoms with Crippen LogP contribution in [0.2, 0.25) is 0 Å². The molecule has 0 aliphatic carbocycles. The number of anilines is 1. The second-order valence-corrected chi connectivity index (χ2v) is 10.3. The van der Waals surface area contributed by atoms with E-state index in [1.807, 2.05) is 30.1 Å². The number of carbonyl (C=O) groups is 1. The van der Waals surface area contributed by atoms with E-state index in [1.54, 1.807) is 6.08 Å². The van der Waals surface area contributed by atoms with Gasteiger partial charge in [0.2, 0.25) is 0 Å². The monoisotopic (exact) mass is 491 g/mol. The predicted octanol–water partition coefficient (Wildman–Crippen LogP) is 6.85. The Morgan fingerprint density at radius 1 is 1.03 bits per heavy atom. The maximum absolute atomic E-state index is 11.0. The Balaban J connectivity index is 1.59. The van der Waals surface area contributed by atoms with Gasteiger partial charge < -0.3 is 10.0 Å². The summed E-state index contributed by atoms with van der Waals surface area (Å²) in [5, 5.41) is 13.3. The summed E-state index contributed by atoms with van der Waals surface area (Å²) in [6.45, 7) is 6.74. The highest BCUT2D eigenvalue weighted by Crippen LogP contribution is 2.42. The van der Waals surface area contributed by atoms with Gasteiger partial charge in [-0.15, -0.1) is 0 Å². The van der Waals surface area contributed by atoms with Crippen molar-refractivity contribution >= 4 is 17.7 Å². The minimum absolute atomic E-state index is 0.0455. The van der Waals surface area contributed by atoms with Crippen molar-refractivity contribution in [2.24, 2.45) is 7.05 Å². The van der Waals surface area contributed by atoms with Gasteiger partial charge in [0, 0.05) is 36.6 Å². The first-order valence-corrected chi connectivity index (χ1v) is 12.8. The van der Waals surface area contributed by atoms with Gasteiger partial charge in [-0.2, -0.15) is 5.10 Å². The molecule has 0 bridgehead atoms. The van der Waals surface area contributed by atoms with Crippen molar-refractivity contribution in [2.75, 3.05) is 4.90 Å². The van der Waals surface area contributed by atoms with Crippen molar-refractivity contribution in [1.82, 2.24) is 9.78 Å². The number of hydrogen-bond acceptors (Lipinski definition) is 3. The van der Waals surface area contributed by atoms with Crippen LogP contribution in [0.1, 0.15) is 60.5 Å². The number of rotatable bonds is 6. The van der Waals surface area contributed by atoms with E-state index in [0.717, 1.165) is 17.5 Å². The molecular weight excluding hydrogens is 458 g/mol. The van der Waals surface area contributed by atoms with Crippen LogP contribution in [-0.4, -0.2) is 26.9 Å². The lowest BCUT2D eigenvalue weighted by Crippen LogP contribution is -2.42. The molecule has 1 aromatic heterocycles. The van der Waals surface area contributed by atoms with Crippen LogP contribution in [0, 0.1) is 0 Å². The zero-order valence-corrected chi connectivity index (χ0v) is 21.8. The number of aryl methyl sites for hydroxylation is 1. The zero-order chi connectivity index (χ0) is 26.1. The average molecular weight is 492 g/mol. The van der Waals surface area contributed by atoms with Gasteiger partial charge in [-0.1, -0.05) is 68.4 Å². The fraction of sp³-hybridized carbons (Fsp3) is 0.250. The van der Waals surface area contributed by atoms with Crippen molar-refractivity contribution in [3.63, 3.8) is 0 Å². The number of aliphatic carboxylic acids is 1. The van der Waals surface area contributed by atoms with Gasteiger partial charge >= 0.3 is 5.97 Å². The largest absolute Gasteiger partial charge is 0.478 e. The molecule has 0 saturated carbocycles. The number of nitrogens with zero attached hydrogens (tertiary/aromatic N) is 3. The Bertz CT molecular complexity index is 1430. The number of carboxylic acids is 1. The summed E-state index contributed by atoms with van der Waals surface area (Å²) in [5.74, 6) is -0.457. The molecule has 0 radical (unpaired) electrons. The summed E-state index contributed by atoms with van der Waals surface area (Å²) < 4.78 is 1.84. The smallest absolute Gasteiger partial charge is 0.328 e. The molecule has 3 aromatic carbocycles. The maximum Gasteiger partial charge on any atom is 0.328 e. The third-order valence-corrected chi connectivity index (χ3v) is 7.27. The van der Waals surface area contributed by atoms with Crippen LogP contribution in [0.15, 0.2) is 85.2 Å². The van der Waals surface area contributed by atoms with Crippen molar-refractivity contribution < 1.29 is 9.90 Å². The number of aromatic nitrogens is 2. The van der Waals surface area contributed by atoms with Crippen LogP contribution >= 0.6 is 0 Å². The SMILES string of the molecule is CC(C)c1ccc(N2C(C)Cc3cc(-c4cnn(C)c4)ccc3C2c2ccc(/C=C/C(=O)O)cc2)cc1. The van der Waals surface area contributed by atoms with Crippen LogP contribution in [-0.2, 0) is 18.3 Å². The van der Waals surface area contributed by atoms with Gasteiger partial charge in [0.1, 0.15) is 0 Å². The maximum atomic E-state index is 11.0. The Morgan fingerprint density at radius 3 is 2.38 bits per heavy atom. The van der Waals surface area contributed by atoms with E-state index in [0.29, 0.717) is 5.92 Å². The van der Waals surface area contributed by atoms with E-state index in [2.05, 4.69) is 91.6 Å². The molecule has 5 nitrogen and oxygen atoms in total. The molecule has 0 spiro atoms. The number of benzene rings is 3. The summed E-state index contributed by atoms with van der Waals surface area (Å²) in [7, 11) is 1.94. The van der Waals surface area contributed by atoms with Crippen LogP contribution in [0.3, 0.4) is 0 Å². The van der Waals surface area contributed by atoms with Crippen LogP contribution in [0.5, 0.6) is 0 Å². The van der Waals surface area contributed by atoms with Gasteiger partial charge in [-0.3, -0.25) is 4.68 Å². The number of fused-ring (bicyclic) bond motifs is 1. The first-order chi connectivity index (χ1) is 17.8. The second kappa shape index (κ2) is 10.1. The lowest BCUT2D eigenvalue weighted by atomic mass is 9.83. The van der Waals surface area contributed by atoms with E-state index < -0.39 is 5.97 Å². The second-order valence-electron chi connectivity index (χ2n) is 10.3. The molecule has 1 aliphatic heterocycles. The molecule has 2 atom stereocenters. The molecule has 1 aliphatic rings. The molecule has 0 fully saturated rings. The molecule has 5 rings (SSSR count). The summed E-state index contributed by atoms with van der Waals surface area (Å²) in [5.41, 5.74) is 9.55. The highest BCUT2D eigenvalue weighted by molar-refractivity contribution is 5.85. The van der Waals surface area contributed by atoms with Gasteiger partial charge in [-0.25, -0.2) is 4.79 Å². The number of hydrogen-bond donors (Lipinski definition) is 1. The molecule has 5 heteroatoms. The molecule has 4 aromatic rings. The lowest BCUT2D eigenvalue weighted by Gasteiger charge is -2.44. The van der Waals surface area contributed by atoms with Crippen molar-refractivity contribution in [1.29, 1.82) is 0 Å². The van der Waals surface area contributed by atoms with Crippen LogP contribution in [0.4, 0.5) is 5.69 Å². The Hall–Kier alpha value is -4.12. The minimum Gasteiger partial charge on any atom is -0.478 e. The summed E-state index contributed by atoms with van der Waals surface area (Å²) in [4.78, 5) is 13.5. The van der Waals surface area contributed by atoms with Crippen molar-refractivity contribution in [2.45, 2.75) is 45.2 Å². The highest BCUT2D eigenvalue weighted by atomic mass is 16.4. The third kappa shape index (κ3) is 5.08. The van der Waals surface area contributed by atoms with Gasteiger partial charge in [0.25, 0.3) is 0 Å². The Morgan fingerprint density at radius 2 is 1.76 bits per heavy atom. The van der Waals surface area contributed by atoms with E-state index in [1.165, 1.54) is 39.6 Å². The Labute approximate surface area is 218 Å². The topological polar surface area (TPSA) is 58.4 Å². The first-order valence-electron chi connectivity index (χ1n) is 12.8. The number of carboxylic acid groups (broad SMARTS) is 1. The first kappa shape index (κ1) is 24.6. The van der Waals surface area contributed by atoms with E-state index in [4.69, 9.17) is 5.11 Å². The van der Waals surface area contributed by atoms with Gasteiger partial charge in [-0.05, 0) is 70.9 Å². The van der Waals surface area contributed by atoms with Crippen LogP contribution in [0.25, 0.3) is 17.2 Å². The molecule has 2 heterocycles. The summed E-state index contributed by atoms with van der Waals surface area (Å²) in [6.07, 6.45) is 7.72. The van der Waals surface area contributed by atoms with E-state index >= 15 is 0 Å². The molecule has 0 amide bonds. The standard InChI is InChI=1S/C32H33N3O2/c1-21(2)24-10-13-29(14-11-24)35-22(3)17-27-18-26(28-19-33-34(4)20-28)12-15-30(27)32(35)25-8-5-23(6-9-25)7-16-31(36)37/h5-16,18-22,32H,17H2,1-4H3,(H,36,37)/b16-7+. The minimum atomic E-state index is -0.945. The average Bonchev–Trinajstić information content (AvgIpc) is 3.33. The zero-order valence-electron chi connectivity index (χ0n) is 21.8. The molecule has 1 N–H and O–H groups in total. The fourth-order valence-electron chi connectivity index (χ4n) is 5.35. The van der Waals surface area contributed by atoms with Gasteiger partial charge in [0.15, 0.2) is 0 Å². The predicted molar refractivity (Wildman–Crippen MR) is 150 cm³/mol. The summed E-state index contributed by atoms with van der Waals surface area (Å²) >= 11 is 0. The third-order valence-electron chi connectivity index (χ3n) is 7.27. The molecular formula is C32H33N3O2. The van der Waals surface area contributed by atoms with Crippen LogP contribution < -0.4 is 4.90 Å². The fourth-order valence-corrected chi connectivity index (χ4v) is 5.35. The van der Waals surface area contributed by atoms with E-state index in [9.17, 15) is 4.79 Å². The quantitative estimate of drug-likeness (QED) is 0.300.